The van der Waals surface area contributed by atoms with Crippen LogP contribution in [0.25, 0.3) is 0 Å². The van der Waals surface area contributed by atoms with E-state index in [1.165, 1.54) is 0 Å². The van der Waals surface area contributed by atoms with Crippen LogP contribution in [-0.2, 0) is 23.8 Å². The maximum absolute atomic E-state index is 13.4. The first-order valence-corrected chi connectivity index (χ1v) is 15.5. The highest BCUT2D eigenvalue weighted by molar-refractivity contribution is 5.92. The average molecular weight is 592 g/mol. The van der Waals surface area contributed by atoms with Crippen molar-refractivity contribution < 1.29 is 43.6 Å². The van der Waals surface area contributed by atoms with Gasteiger partial charge in [0.15, 0.2) is 12.4 Å². The molecule has 0 bridgehead atoms. The fourth-order valence-corrected chi connectivity index (χ4v) is 8.50. The number of allylic oxidation sites excluding steroid dienone is 1. The van der Waals surface area contributed by atoms with Gasteiger partial charge in [-0.1, -0.05) is 19.4 Å². The summed E-state index contributed by atoms with van der Waals surface area (Å²) in [6, 6.07) is 0. The molecule has 3 fully saturated rings. The summed E-state index contributed by atoms with van der Waals surface area (Å²) in [4.78, 5) is 49.3. The quantitative estimate of drug-likeness (QED) is 0.258. The topological polar surface area (TPSA) is 148 Å². The van der Waals surface area contributed by atoms with Crippen LogP contribution in [0.4, 0.5) is 9.59 Å². The molecular formula is C32H49NO9. The van der Waals surface area contributed by atoms with Gasteiger partial charge >= 0.3 is 12.2 Å². The van der Waals surface area contributed by atoms with Crippen molar-refractivity contribution in [1.82, 2.24) is 5.32 Å². The highest BCUT2D eigenvalue weighted by Gasteiger charge is 2.68. The lowest BCUT2D eigenvalue weighted by Gasteiger charge is -2.60. The molecule has 4 aliphatic rings. The number of rotatable bonds is 9. The largest absolute Gasteiger partial charge is 0.508 e. The van der Waals surface area contributed by atoms with Crippen molar-refractivity contribution in [2.45, 2.75) is 116 Å². The smallest absolute Gasteiger partial charge is 0.444 e. The van der Waals surface area contributed by atoms with Gasteiger partial charge in [0.25, 0.3) is 0 Å². The molecule has 0 radical (unpaired) electrons. The number of carbonyl (C=O) groups excluding carboxylic acids is 4. The molecule has 1 amide bonds. The van der Waals surface area contributed by atoms with E-state index >= 15 is 0 Å². The molecule has 42 heavy (non-hydrogen) atoms. The van der Waals surface area contributed by atoms with Crippen LogP contribution in [0.1, 0.15) is 98.8 Å². The van der Waals surface area contributed by atoms with E-state index in [0.717, 1.165) is 24.8 Å². The monoisotopic (exact) mass is 591 g/mol. The summed E-state index contributed by atoms with van der Waals surface area (Å²) in [6.07, 6.45) is 5.63. The van der Waals surface area contributed by atoms with Crippen molar-refractivity contribution >= 4 is 23.8 Å². The van der Waals surface area contributed by atoms with E-state index in [1.807, 2.05) is 6.92 Å². The number of aliphatic hydroxyl groups excluding tert-OH is 1. The lowest BCUT2D eigenvalue weighted by molar-refractivity contribution is -0.182. The van der Waals surface area contributed by atoms with E-state index in [2.05, 4.69) is 12.2 Å². The Kier molecular flexibility index (Phi) is 9.48. The number of fused-ring (bicyclic) bond motifs is 5. The number of ketones is 2. The number of unbranched alkanes of at least 4 members (excludes halogenated alkanes) is 2. The summed E-state index contributed by atoms with van der Waals surface area (Å²) in [6.45, 7) is 9.41. The van der Waals surface area contributed by atoms with Gasteiger partial charge in [-0.15, -0.1) is 0 Å². The van der Waals surface area contributed by atoms with Crippen LogP contribution in [0.15, 0.2) is 11.6 Å². The molecule has 0 unspecified atom stereocenters. The van der Waals surface area contributed by atoms with E-state index in [-0.39, 0.29) is 48.4 Å². The molecule has 0 heterocycles. The minimum Gasteiger partial charge on any atom is -0.444 e. The minimum atomic E-state index is -1.70. The van der Waals surface area contributed by atoms with Crippen LogP contribution in [0.2, 0.25) is 0 Å². The number of aliphatic hydroxyl groups is 2. The Morgan fingerprint density at radius 3 is 2.50 bits per heavy atom. The number of ether oxygens (including phenoxy) is 3. The summed E-state index contributed by atoms with van der Waals surface area (Å²) in [5.74, 6) is -0.230. The SMILES string of the molecule is CC(C)(C)OC(=O)NCCCCCOC(=O)OCC(=O)[C@@]1(O)CC[C@H]2[C@@H]3CCC4=CC(=O)CC[C@]4(C)[C@H]3[C@@H](O)C[C@@]21C. The molecule has 0 saturated heterocycles. The summed E-state index contributed by atoms with van der Waals surface area (Å²) in [7, 11) is 0. The zero-order valence-corrected chi connectivity index (χ0v) is 25.8. The number of amides is 1. The summed E-state index contributed by atoms with van der Waals surface area (Å²) < 4.78 is 15.4. The van der Waals surface area contributed by atoms with Crippen LogP contribution in [0.3, 0.4) is 0 Å². The third-order valence-electron chi connectivity index (χ3n) is 10.5. The molecule has 236 valence electrons. The summed E-state index contributed by atoms with van der Waals surface area (Å²) in [5.41, 5.74) is -2.21. The first kappa shape index (κ1) is 32.5. The van der Waals surface area contributed by atoms with Gasteiger partial charge in [0.1, 0.15) is 11.2 Å². The van der Waals surface area contributed by atoms with Crippen molar-refractivity contribution in [3.63, 3.8) is 0 Å². The Balaban J connectivity index is 1.24. The Morgan fingerprint density at radius 2 is 1.79 bits per heavy atom. The normalized spacial score (nSPS) is 35.7. The molecule has 7 atom stereocenters. The van der Waals surface area contributed by atoms with E-state index in [1.54, 1.807) is 26.8 Å². The standard InChI is InChI=1S/C32H49NO9/c1-29(2,3)42-27(37)33-15-7-6-8-16-40-28(38)41-19-25(36)32(39)14-12-23-22-10-9-20-17-21(34)11-13-30(20,4)26(22)24(35)18-31(23,32)5/h17,22-24,26,35,39H,6-16,18-19H2,1-5H3,(H,33,37)/t22-,23-,24-,26+,30-,31-,32-/m0/s1. The Labute approximate surface area is 248 Å². The molecule has 0 aromatic heterocycles. The summed E-state index contributed by atoms with van der Waals surface area (Å²) in [5, 5.41) is 25.9. The fraction of sp³-hybridized carbons (Fsp3) is 0.812. The average Bonchev–Trinajstić information content (AvgIpc) is 3.16. The van der Waals surface area contributed by atoms with Gasteiger partial charge in [-0.3, -0.25) is 9.59 Å². The van der Waals surface area contributed by atoms with Gasteiger partial charge in [0, 0.05) is 18.4 Å². The van der Waals surface area contributed by atoms with E-state index in [9.17, 15) is 29.4 Å². The van der Waals surface area contributed by atoms with E-state index in [4.69, 9.17) is 14.2 Å². The Hall–Kier alpha value is -2.46. The van der Waals surface area contributed by atoms with Crippen molar-refractivity contribution in [2.75, 3.05) is 19.8 Å². The maximum atomic E-state index is 13.4. The number of nitrogens with one attached hydrogen (secondary N) is 1. The third kappa shape index (κ3) is 6.39. The molecule has 10 nitrogen and oxygen atoms in total. The minimum absolute atomic E-state index is 0.0135. The lowest BCUT2D eigenvalue weighted by atomic mass is 9.45. The predicted octanol–water partition coefficient (Wildman–Crippen LogP) is 4.64. The van der Waals surface area contributed by atoms with Crippen LogP contribution >= 0.6 is 0 Å². The fourth-order valence-electron chi connectivity index (χ4n) is 8.50. The zero-order valence-electron chi connectivity index (χ0n) is 25.8. The lowest BCUT2D eigenvalue weighted by Crippen LogP contribution is -2.62. The van der Waals surface area contributed by atoms with Crippen LogP contribution in [-0.4, -0.2) is 71.1 Å². The number of hydrogen-bond donors (Lipinski definition) is 3. The van der Waals surface area contributed by atoms with Crippen LogP contribution in [0.5, 0.6) is 0 Å². The van der Waals surface area contributed by atoms with E-state index in [0.29, 0.717) is 38.6 Å². The Bertz CT molecular complexity index is 1100. The van der Waals surface area contributed by atoms with E-state index < -0.39 is 47.4 Å². The molecule has 3 N–H and O–H groups in total. The first-order valence-electron chi connectivity index (χ1n) is 15.5. The first-order chi connectivity index (χ1) is 19.6. The third-order valence-corrected chi connectivity index (χ3v) is 10.5. The number of carbonyl (C=O) groups is 4. The second kappa shape index (κ2) is 12.3. The molecular weight excluding hydrogens is 542 g/mol. The van der Waals surface area contributed by atoms with Crippen molar-refractivity contribution in [3.05, 3.63) is 11.6 Å². The van der Waals surface area contributed by atoms with Crippen LogP contribution < -0.4 is 5.32 Å². The maximum Gasteiger partial charge on any atom is 0.508 e. The predicted molar refractivity (Wildman–Crippen MR) is 153 cm³/mol. The van der Waals surface area contributed by atoms with Crippen molar-refractivity contribution in [1.29, 1.82) is 0 Å². The highest BCUT2D eigenvalue weighted by atomic mass is 16.7. The van der Waals surface area contributed by atoms with Gasteiger partial charge in [-0.05, 0) is 108 Å². The molecule has 0 aliphatic heterocycles. The molecule has 0 spiro atoms. The van der Waals surface area contributed by atoms with Gasteiger partial charge in [-0.25, -0.2) is 9.59 Å². The van der Waals surface area contributed by atoms with Crippen molar-refractivity contribution in [2.24, 2.45) is 28.6 Å². The second-order valence-corrected chi connectivity index (χ2v) is 14.3. The second-order valence-electron chi connectivity index (χ2n) is 14.3. The Morgan fingerprint density at radius 1 is 1.05 bits per heavy atom. The molecule has 3 saturated carbocycles. The number of alkyl carbamates (subject to hydrolysis) is 1. The van der Waals surface area contributed by atoms with Crippen LogP contribution in [0, 0.1) is 28.6 Å². The number of Topliss-reactive ketones (excluding diaryl/α,β-unsaturated/α-hetero) is 1. The molecule has 10 heteroatoms. The summed E-state index contributed by atoms with van der Waals surface area (Å²) >= 11 is 0. The molecule has 0 aromatic rings. The highest BCUT2D eigenvalue weighted by Crippen LogP contribution is 2.67. The van der Waals surface area contributed by atoms with Gasteiger partial charge in [0.2, 0.25) is 5.78 Å². The van der Waals surface area contributed by atoms with Crippen molar-refractivity contribution in [3.8, 4) is 0 Å². The number of hydrogen-bond acceptors (Lipinski definition) is 9. The van der Waals surface area contributed by atoms with Gasteiger partial charge in [-0.2, -0.15) is 0 Å². The van der Waals surface area contributed by atoms with Gasteiger partial charge in [0.05, 0.1) is 12.7 Å². The molecule has 4 aliphatic carbocycles. The molecule has 4 rings (SSSR count). The molecule has 0 aromatic carbocycles. The van der Waals surface area contributed by atoms with Gasteiger partial charge < -0.3 is 29.7 Å². The zero-order chi connectivity index (χ0) is 30.9.